The summed E-state index contributed by atoms with van der Waals surface area (Å²) in [6.45, 7) is 5.48. The van der Waals surface area contributed by atoms with Gasteiger partial charge in [-0.15, -0.1) is 0 Å². The van der Waals surface area contributed by atoms with Gasteiger partial charge in [-0.2, -0.15) is 5.26 Å². The van der Waals surface area contributed by atoms with Crippen LogP contribution in [0.2, 0.25) is 0 Å². The second kappa shape index (κ2) is 6.14. The number of aromatic nitrogens is 2. The second-order valence-corrected chi connectivity index (χ2v) is 4.53. The molecule has 1 atom stereocenters. The highest BCUT2D eigenvalue weighted by Crippen LogP contribution is 2.19. The van der Waals surface area contributed by atoms with Gasteiger partial charge in [0.2, 0.25) is 5.95 Å². The Kier molecular flexibility index (Phi) is 4.81. The molecule has 0 aliphatic rings. The summed E-state index contributed by atoms with van der Waals surface area (Å²) in [5, 5.41) is 11.9. The van der Waals surface area contributed by atoms with E-state index in [2.05, 4.69) is 15.3 Å². The molecule has 0 amide bonds. The lowest BCUT2D eigenvalue weighted by Gasteiger charge is -2.27. The number of nitrogens with one attached hydrogen (secondary N) is 1. The summed E-state index contributed by atoms with van der Waals surface area (Å²) in [5.74, 6) is -0.115. The molecule has 102 valence electrons. The van der Waals surface area contributed by atoms with Gasteiger partial charge >= 0.3 is 5.97 Å². The molecule has 0 bridgehead atoms. The van der Waals surface area contributed by atoms with Crippen LogP contribution in [-0.2, 0) is 9.53 Å². The molecule has 0 saturated carbocycles. The summed E-state index contributed by atoms with van der Waals surface area (Å²) in [6, 6.07) is 3.55. The minimum absolute atomic E-state index is 0.262. The third kappa shape index (κ3) is 3.65. The van der Waals surface area contributed by atoms with Crippen LogP contribution in [0, 0.1) is 18.3 Å². The van der Waals surface area contributed by atoms with Crippen LogP contribution in [0.25, 0.3) is 0 Å². The molecule has 0 saturated heterocycles. The van der Waals surface area contributed by atoms with Crippen molar-refractivity contribution in [2.45, 2.75) is 39.2 Å². The number of aryl methyl sites for hydroxylation is 1. The molecule has 0 aromatic carbocycles. The zero-order valence-corrected chi connectivity index (χ0v) is 11.6. The first-order chi connectivity index (χ1) is 8.95. The largest absolute Gasteiger partial charge is 0.467 e. The Balaban J connectivity index is 3.06. The monoisotopic (exact) mass is 262 g/mol. The highest BCUT2D eigenvalue weighted by atomic mass is 16.5. The summed E-state index contributed by atoms with van der Waals surface area (Å²) in [4.78, 5) is 20.1. The quantitative estimate of drug-likeness (QED) is 0.814. The van der Waals surface area contributed by atoms with Crippen LogP contribution in [0.1, 0.15) is 38.1 Å². The molecule has 1 N–H and O–H groups in total. The van der Waals surface area contributed by atoms with E-state index in [1.807, 2.05) is 13.0 Å². The van der Waals surface area contributed by atoms with Gasteiger partial charge in [-0.25, -0.2) is 14.8 Å². The molecule has 0 fully saturated rings. The van der Waals surface area contributed by atoms with Crippen molar-refractivity contribution >= 4 is 11.9 Å². The lowest BCUT2D eigenvalue weighted by atomic mass is 9.96. The molecular formula is C13H18N4O2. The first-order valence-corrected chi connectivity index (χ1v) is 6.07. The molecule has 0 spiro atoms. The molecule has 0 aliphatic heterocycles. The van der Waals surface area contributed by atoms with E-state index in [-0.39, 0.29) is 17.6 Å². The Morgan fingerprint density at radius 1 is 1.58 bits per heavy atom. The van der Waals surface area contributed by atoms with Crippen LogP contribution in [0.5, 0.6) is 0 Å². The normalized spacial score (nSPS) is 13.2. The van der Waals surface area contributed by atoms with Crippen molar-refractivity contribution in [1.82, 2.24) is 9.97 Å². The van der Waals surface area contributed by atoms with Crippen LogP contribution in [0.15, 0.2) is 6.07 Å². The Labute approximate surface area is 112 Å². The Bertz CT molecular complexity index is 510. The van der Waals surface area contributed by atoms with E-state index in [9.17, 15) is 4.79 Å². The van der Waals surface area contributed by atoms with Crippen LogP contribution >= 0.6 is 0 Å². The van der Waals surface area contributed by atoms with E-state index < -0.39 is 5.54 Å². The fourth-order valence-corrected chi connectivity index (χ4v) is 1.87. The Hall–Kier alpha value is -2.16. The predicted octanol–water partition coefficient (Wildman–Crippen LogP) is 1.80. The van der Waals surface area contributed by atoms with Gasteiger partial charge in [0.05, 0.1) is 7.11 Å². The third-order valence-electron chi connectivity index (χ3n) is 2.74. The van der Waals surface area contributed by atoms with Crippen molar-refractivity contribution in [3.63, 3.8) is 0 Å². The van der Waals surface area contributed by atoms with E-state index in [0.717, 1.165) is 6.42 Å². The van der Waals surface area contributed by atoms with Gasteiger partial charge in [0.25, 0.3) is 0 Å². The summed E-state index contributed by atoms with van der Waals surface area (Å²) >= 11 is 0. The van der Waals surface area contributed by atoms with Gasteiger partial charge in [0.1, 0.15) is 17.3 Å². The van der Waals surface area contributed by atoms with Gasteiger partial charge in [-0.1, -0.05) is 13.3 Å². The lowest BCUT2D eigenvalue weighted by Crippen LogP contribution is -2.44. The van der Waals surface area contributed by atoms with E-state index in [1.165, 1.54) is 7.11 Å². The predicted molar refractivity (Wildman–Crippen MR) is 70.4 cm³/mol. The smallest absolute Gasteiger partial charge is 0.331 e. The van der Waals surface area contributed by atoms with Gasteiger partial charge in [0.15, 0.2) is 0 Å². The topological polar surface area (TPSA) is 87.9 Å². The number of hydrogen-bond acceptors (Lipinski definition) is 6. The average molecular weight is 262 g/mol. The Morgan fingerprint density at radius 3 is 2.79 bits per heavy atom. The van der Waals surface area contributed by atoms with E-state index in [0.29, 0.717) is 12.1 Å². The van der Waals surface area contributed by atoms with Crippen molar-refractivity contribution in [3.05, 3.63) is 17.5 Å². The van der Waals surface area contributed by atoms with Gasteiger partial charge < -0.3 is 10.1 Å². The van der Waals surface area contributed by atoms with Crippen LogP contribution in [-0.4, -0.2) is 28.6 Å². The number of esters is 1. The van der Waals surface area contributed by atoms with Gasteiger partial charge in [-0.05, 0) is 26.3 Å². The first-order valence-electron chi connectivity index (χ1n) is 6.07. The molecule has 1 heterocycles. The van der Waals surface area contributed by atoms with Crippen molar-refractivity contribution in [1.29, 1.82) is 5.26 Å². The minimum atomic E-state index is -0.899. The van der Waals surface area contributed by atoms with E-state index in [1.54, 1.807) is 19.9 Å². The van der Waals surface area contributed by atoms with Crippen molar-refractivity contribution < 1.29 is 9.53 Å². The molecule has 19 heavy (non-hydrogen) atoms. The maximum atomic E-state index is 11.9. The maximum Gasteiger partial charge on any atom is 0.331 e. The number of anilines is 1. The van der Waals surface area contributed by atoms with Crippen molar-refractivity contribution in [2.75, 3.05) is 12.4 Å². The van der Waals surface area contributed by atoms with E-state index in [4.69, 9.17) is 10.00 Å². The highest BCUT2D eigenvalue weighted by molar-refractivity contribution is 5.83. The Morgan fingerprint density at radius 2 is 2.26 bits per heavy atom. The van der Waals surface area contributed by atoms with Crippen LogP contribution in [0.4, 0.5) is 5.95 Å². The summed E-state index contributed by atoms with van der Waals surface area (Å²) < 4.78 is 4.80. The van der Waals surface area contributed by atoms with E-state index >= 15 is 0 Å². The molecule has 0 radical (unpaired) electrons. The number of hydrogen-bond donors (Lipinski definition) is 1. The fourth-order valence-electron chi connectivity index (χ4n) is 1.87. The zero-order chi connectivity index (χ0) is 14.5. The number of carbonyl (C=O) groups excluding carboxylic acids is 1. The summed E-state index contributed by atoms with van der Waals surface area (Å²) in [6.07, 6.45) is 1.38. The molecule has 1 rings (SSSR count). The third-order valence-corrected chi connectivity index (χ3v) is 2.74. The number of rotatable bonds is 5. The minimum Gasteiger partial charge on any atom is -0.467 e. The number of carbonyl (C=O) groups is 1. The number of nitrogens with zero attached hydrogens (tertiary/aromatic N) is 3. The van der Waals surface area contributed by atoms with Crippen LogP contribution < -0.4 is 5.32 Å². The highest BCUT2D eigenvalue weighted by Gasteiger charge is 2.34. The van der Waals surface area contributed by atoms with Crippen LogP contribution in [0.3, 0.4) is 0 Å². The molecule has 1 unspecified atom stereocenters. The fraction of sp³-hybridized carbons (Fsp3) is 0.538. The second-order valence-electron chi connectivity index (χ2n) is 4.53. The summed E-state index contributed by atoms with van der Waals surface area (Å²) in [7, 11) is 1.34. The number of ether oxygens (including phenoxy) is 1. The summed E-state index contributed by atoms with van der Waals surface area (Å²) in [5.41, 5.74) is 0.0285. The molecular weight excluding hydrogens is 244 g/mol. The zero-order valence-electron chi connectivity index (χ0n) is 11.6. The van der Waals surface area contributed by atoms with Crippen molar-refractivity contribution in [2.24, 2.45) is 0 Å². The maximum absolute atomic E-state index is 11.9. The SMILES string of the molecule is CCCC(C)(Nc1nc(C)cc(C#N)n1)C(=O)OC. The molecule has 6 heteroatoms. The average Bonchev–Trinajstić information content (AvgIpc) is 2.37. The van der Waals surface area contributed by atoms with Crippen molar-refractivity contribution in [3.8, 4) is 6.07 Å². The number of methoxy groups -OCH3 is 1. The number of nitriles is 1. The standard InChI is InChI=1S/C13H18N4O2/c1-5-6-13(3,11(18)19-4)17-12-15-9(2)7-10(8-14)16-12/h7H,5-6H2,1-4H3,(H,15,16,17). The first kappa shape index (κ1) is 14.9. The molecule has 6 nitrogen and oxygen atoms in total. The lowest BCUT2D eigenvalue weighted by molar-refractivity contribution is -0.145. The molecule has 0 aliphatic carbocycles. The molecule has 1 aromatic heterocycles. The molecule has 1 aromatic rings. The van der Waals surface area contributed by atoms with Gasteiger partial charge in [0, 0.05) is 5.69 Å². The van der Waals surface area contributed by atoms with Gasteiger partial charge in [-0.3, -0.25) is 0 Å².